The highest BCUT2D eigenvalue weighted by Crippen LogP contribution is 2.18. The normalized spacial score (nSPS) is 10.7. The third-order valence-electron chi connectivity index (χ3n) is 2.38. The summed E-state index contributed by atoms with van der Waals surface area (Å²) in [7, 11) is 1.82. The lowest BCUT2D eigenvalue weighted by molar-refractivity contribution is 0.597. The van der Waals surface area contributed by atoms with Crippen LogP contribution in [0.25, 0.3) is 5.69 Å². The summed E-state index contributed by atoms with van der Waals surface area (Å²) in [5.74, 6) is -0.289. The van der Waals surface area contributed by atoms with E-state index in [-0.39, 0.29) is 5.82 Å². The molecular formula is C11H13FN4. The number of nitrogens with one attached hydrogen (secondary N) is 1. The van der Waals surface area contributed by atoms with E-state index in [2.05, 4.69) is 15.6 Å². The van der Waals surface area contributed by atoms with Gasteiger partial charge in [-0.3, -0.25) is 0 Å². The number of halogens is 1. The first-order valence-electron chi connectivity index (χ1n) is 5.03. The van der Waals surface area contributed by atoms with Gasteiger partial charge in [-0.15, -0.1) is 5.10 Å². The maximum absolute atomic E-state index is 13.7. The molecule has 0 atom stereocenters. The summed E-state index contributed by atoms with van der Waals surface area (Å²) in [5.41, 5.74) is 2.13. The molecule has 16 heavy (non-hydrogen) atoms. The Morgan fingerprint density at radius 2 is 2.25 bits per heavy atom. The van der Waals surface area contributed by atoms with Crippen LogP contribution in [0.5, 0.6) is 0 Å². The Morgan fingerprint density at radius 3 is 2.94 bits per heavy atom. The number of hydrogen-bond acceptors (Lipinski definition) is 3. The minimum Gasteiger partial charge on any atom is -0.314 e. The molecule has 0 fully saturated rings. The molecule has 1 aromatic carbocycles. The average Bonchev–Trinajstić information content (AvgIpc) is 2.67. The summed E-state index contributed by atoms with van der Waals surface area (Å²) in [6.45, 7) is 2.45. The maximum Gasteiger partial charge on any atom is 0.149 e. The highest BCUT2D eigenvalue weighted by molar-refractivity contribution is 5.41. The van der Waals surface area contributed by atoms with Crippen LogP contribution in [0.2, 0.25) is 0 Å². The fraction of sp³-hybridized carbons (Fsp3) is 0.273. The minimum atomic E-state index is -0.289. The molecule has 1 aromatic heterocycles. The van der Waals surface area contributed by atoms with Crippen molar-refractivity contribution in [2.45, 2.75) is 13.5 Å². The first-order chi connectivity index (χ1) is 7.74. The third kappa shape index (κ3) is 1.81. The number of rotatable bonds is 3. The number of nitrogens with zero attached hydrogens (tertiary/aromatic N) is 3. The second-order valence-corrected chi connectivity index (χ2v) is 3.57. The number of benzene rings is 1. The molecule has 0 saturated heterocycles. The summed E-state index contributed by atoms with van der Waals surface area (Å²) < 4.78 is 15.3. The van der Waals surface area contributed by atoms with Gasteiger partial charge in [-0.05, 0) is 25.6 Å². The maximum atomic E-state index is 13.7. The van der Waals surface area contributed by atoms with E-state index in [1.165, 1.54) is 10.7 Å². The number of hydrogen-bond donors (Lipinski definition) is 1. The van der Waals surface area contributed by atoms with Crippen molar-refractivity contribution in [3.8, 4) is 5.69 Å². The highest BCUT2D eigenvalue weighted by atomic mass is 19.1. The summed E-state index contributed by atoms with van der Waals surface area (Å²) in [6.07, 6.45) is 1.63. The fourth-order valence-electron chi connectivity index (χ4n) is 1.64. The van der Waals surface area contributed by atoms with Crippen LogP contribution in [0, 0.1) is 12.7 Å². The van der Waals surface area contributed by atoms with E-state index in [1.807, 2.05) is 20.0 Å². The molecule has 4 nitrogen and oxygen atoms in total. The molecule has 2 aromatic rings. The van der Waals surface area contributed by atoms with Crippen molar-refractivity contribution in [2.24, 2.45) is 0 Å². The van der Waals surface area contributed by atoms with Crippen LogP contribution in [-0.2, 0) is 6.54 Å². The van der Waals surface area contributed by atoms with Gasteiger partial charge in [0.05, 0.1) is 11.9 Å². The molecule has 0 aliphatic carbocycles. The van der Waals surface area contributed by atoms with E-state index in [1.54, 1.807) is 12.3 Å². The first kappa shape index (κ1) is 10.8. The third-order valence-corrected chi connectivity index (χ3v) is 2.38. The minimum absolute atomic E-state index is 0.289. The van der Waals surface area contributed by atoms with Crippen LogP contribution in [0.3, 0.4) is 0 Å². The molecule has 1 heterocycles. The fourth-order valence-corrected chi connectivity index (χ4v) is 1.64. The lowest BCUT2D eigenvalue weighted by atomic mass is 10.2. The average molecular weight is 220 g/mol. The van der Waals surface area contributed by atoms with E-state index in [4.69, 9.17) is 0 Å². The monoisotopic (exact) mass is 220 g/mol. The molecule has 0 radical (unpaired) electrons. The van der Waals surface area contributed by atoms with Crippen molar-refractivity contribution in [2.75, 3.05) is 7.05 Å². The molecule has 0 aliphatic heterocycles. The summed E-state index contributed by atoms with van der Waals surface area (Å²) >= 11 is 0. The van der Waals surface area contributed by atoms with Crippen LogP contribution in [0.15, 0.2) is 24.4 Å². The Bertz CT molecular complexity index is 472. The van der Waals surface area contributed by atoms with E-state index >= 15 is 0 Å². The van der Waals surface area contributed by atoms with Gasteiger partial charge in [-0.1, -0.05) is 17.3 Å². The predicted octanol–water partition coefficient (Wildman–Crippen LogP) is 1.43. The van der Waals surface area contributed by atoms with Gasteiger partial charge in [0.1, 0.15) is 11.5 Å². The van der Waals surface area contributed by atoms with Crippen LogP contribution in [-0.4, -0.2) is 22.0 Å². The Labute approximate surface area is 93.1 Å². The Hall–Kier alpha value is -1.75. The Kier molecular flexibility index (Phi) is 2.96. The van der Waals surface area contributed by atoms with Gasteiger partial charge in [0.25, 0.3) is 0 Å². The topological polar surface area (TPSA) is 42.7 Å². The van der Waals surface area contributed by atoms with Gasteiger partial charge >= 0.3 is 0 Å². The van der Waals surface area contributed by atoms with Crippen LogP contribution < -0.4 is 5.32 Å². The summed E-state index contributed by atoms with van der Waals surface area (Å²) in [6, 6.07) is 4.96. The molecule has 1 N–H and O–H groups in total. The van der Waals surface area contributed by atoms with Crippen molar-refractivity contribution in [3.05, 3.63) is 41.5 Å². The smallest absolute Gasteiger partial charge is 0.149 e. The Balaban J connectivity index is 2.54. The predicted molar refractivity (Wildman–Crippen MR) is 58.8 cm³/mol. The van der Waals surface area contributed by atoms with Crippen molar-refractivity contribution in [1.82, 2.24) is 20.3 Å². The molecule has 84 valence electrons. The molecule has 0 spiro atoms. The van der Waals surface area contributed by atoms with Crippen LogP contribution >= 0.6 is 0 Å². The zero-order valence-corrected chi connectivity index (χ0v) is 9.24. The molecule has 0 aliphatic rings. The molecule has 0 amide bonds. The standard InChI is InChI=1S/C11H13FN4/c1-8-4-3-5-10(12)11(8)16-9(6-13-2)7-14-15-16/h3-5,7,13H,6H2,1-2H3. The zero-order valence-electron chi connectivity index (χ0n) is 9.24. The van der Waals surface area contributed by atoms with Crippen molar-refractivity contribution < 1.29 is 4.39 Å². The number of para-hydroxylation sites is 1. The molecular weight excluding hydrogens is 207 g/mol. The SMILES string of the molecule is CNCc1cnnn1-c1c(C)cccc1F. The van der Waals surface area contributed by atoms with Crippen molar-refractivity contribution >= 4 is 0 Å². The summed E-state index contributed by atoms with van der Waals surface area (Å²) in [5, 5.41) is 10.7. The van der Waals surface area contributed by atoms with E-state index in [0.717, 1.165) is 11.3 Å². The van der Waals surface area contributed by atoms with Gasteiger partial charge < -0.3 is 5.32 Å². The molecule has 2 rings (SSSR count). The van der Waals surface area contributed by atoms with E-state index < -0.39 is 0 Å². The molecule has 0 bridgehead atoms. The second-order valence-electron chi connectivity index (χ2n) is 3.57. The number of aromatic nitrogens is 3. The van der Waals surface area contributed by atoms with Crippen LogP contribution in [0.4, 0.5) is 4.39 Å². The van der Waals surface area contributed by atoms with E-state index in [0.29, 0.717) is 12.2 Å². The summed E-state index contributed by atoms with van der Waals surface area (Å²) in [4.78, 5) is 0. The lowest BCUT2D eigenvalue weighted by Crippen LogP contribution is -2.12. The second kappa shape index (κ2) is 4.40. The van der Waals surface area contributed by atoms with Gasteiger partial charge in [0, 0.05) is 6.54 Å². The van der Waals surface area contributed by atoms with Gasteiger partial charge in [-0.25, -0.2) is 9.07 Å². The van der Waals surface area contributed by atoms with E-state index in [9.17, 15) is 4.39 Å². The largest absolute Gasteiger partial charge is 0.314 e. The molecule has 5 heteroatoms. The first-order valence-corrected chi connectivity index (χ1v) is 5.03. The quantitative estimate of drug-likeness (QED) is 0.851. The Morgan fingerprint density at radius 1 is 1.44 bits per heavy atom. The van der Waals surface area contributed by atoms with Gasteiger partial charge in [-0.2, -0.15) is 0 Å². The van der Waals surface area contributed by atoms with Crippen molar-refractivity contribution in [1.29, 1.82) is 0 Å². The van der Waals surface area contributed by atoms with Crippen molar-refractivity contribution in [3.63, 3.8) is 0 Å². The molecule has 0 unspecified atom stereocenters. The zero-order chi connectivity index (χ0) is 11.5. The highest BCUT2D eigenvalue weighted by Gasteiger charge is 2.12. The molecule has 0 saturated carbocycles. The lowest BCUT2D eigenvalue weighted by Gasteiger charge is -2.09. The van der Waals surface area contributed by atoms with Gasteiger partial charge in [0.2, 0.25) is 0 Å². The van der Waals surface area contributed by atoms with Crippen LogP contribution in [0.1, 0.15) is 11.3 Å². The van der Waals surface area contributed by atoms with Gasteiger partial charge in [0.15, 0.2) is 0 Å². The number of aryl methyl sites for hydroxylation is 1.